The smallest absolute Gasteiger partial charge is 0.244 e. The predicted molar refractivity (Wildman–Crippen MR) is 119 cm³/mol. The quantitative estimate of drug-likeness (QED) is 0.689. The van der Waals surface area contributed by atoms with E-state index in [9.17, 15) is 13.2 Å². The Kier molecular flexibility index (Phi) is 7.36. The molecular formula is C22H30N2O5S. The molecule has 0 aliphatic carbocycles. The number of methoxy groups -OCH3 is 2. The zero-order valence-corrected chi connectivity index (χ0v) is 19.3. The number of rotatable bonds is 8. The second-order valence-electron chi connectivity index (χ2n) is 7.36. The second-order valence-corrected chi connectivity index (χ2v) is 9.22. The molecular weight excluding hydrogens is 404 g/mol. The van der Waals surface area contributed by atoms with Crippen LogP contribution in [0.1, 0.15) is 36.6 Å². The Balaban J connectivity index is 2.33. The lowest BCUT2D eigenvalue weighted by molar-refractivity contribution is -0.122. The number of hydrogen-bond donors (Lipinski definition) is 1. The monoisotopic (exact) mass is 434 g/mol. The van der Waals surface area contributed by atoms with Crippen LogP contribution in [0.15, 0.2) is 36.4 Å². The maximum Gasteiger partial charge on any atom is 0.244 e. The number of sulfonamides is 1. The third kappa shape index (κ3) is 5.24. The number of anilines is 1. The molecule has 30 heavy (non-hydrogen) atoms. The van der Waals surface area contributed by atoms with Crippen LogP contribution in [0.4, 0.5) is 5.69 Å². The molecule has 0 bridgehead atoms. The first-order valence-corrected chi connectivity index (χ1v) is 11.4. The van der Waals surface area contributed by atoms with Gasteiger partial charge in [-0.25, -0.2) is 8.42 Å². The Bertz CT molecular complexity index is 1020. The van der Waals surface area contributed by atoms with E-state index >= 15 is 0 Å². The number of nitrogens with zero attached hydrogens (tertiary/aromatic N) is 1. The van der Waals surface area contributed by atoms with Gasteiger partial charge in [-0.3, -0.25) is 9.10 Å². The molecule has 0 aliphatic heterocycles. The van der Waals surface area contributed by atoms with Gasteiger partial charge in [0.2, 0.25) is 15.9 Å². The van der Waals surface area contributed by atoms with Crippen molar-refractivity contribution in [3.8, 4) is 11.5 Å². The molecule has 0 aliphatic rings. The van der Waals surface area contributed by atoms with Crippen LogP contribution in [0.3, 0.4) is 0 Å². The van der Waals surface area contributed by atoms with Crippen LogP contribution in [0.2, 0.25) is 0 Å². The van der Waals surface area contributed by atoms with Gasteiger partial charge in [0, 0.05) is 6.07 Å². The maximum atomic E-state index is 13.0. The molecule has 0 spiro atoms. The number of amides is 1. The SMILES string of the molecule is COc1ccc(N([C@H](C)C(=O)N[C@H](C)c2ccc(C)cc2C)S(C)(=O)=O)cc1OC. The van der Waals surface area contributed by atoms with Gasteiger partial charge in [-0.1, -0.05) is 23.8 Å². The lowest BCUT2D eigenvalue weighted by Gasteiger charge is -2.30. The van der Waals surface area contributed by atoms with Crippen molar-refractivity contribution in [3.63, 3.8) is 0 Å². The predicted octanol–water partition coefficient (Wildman–Crippen LogP) is 3.35. The molecule has 0 saturated carbocycles. The summed E-state index contributed by atoms with van der Waals surface area (Å²) in [5, 5.41) is 2.93. The Labute approximate surface area is 179 Å². The minimum absolute atomic E-state index is 0.271. The van der Waals surface area contributed by atoms with E-state index in [4.69, 9.17) is 9.47 Å². The van der Waals surface area contributed by atoms with E-state index in [1.165, 1.54) is 20.3 Å². The molecule has 1 N–H and O–H groups in total. The molecule has 8 heteroatoms. The molecule has 1 amide bonds. The highest BCUT2D eigenvalue weighted by atomic mass is 32.2. The van der Waals surface area contributed by atoms with E-state index in [0.717, 1.165) is 27.3 Å². The summed E-state index contributed by atoms with van der Waals surface area (Å²) in [4.78, 5) is 13.0. The molecule has 2 atom stereocenters. The summed E-state index contributed by atoms with van der Waals surface area (Å²) < 4.78 is 36.7. The maximum absolute atomic E-state index is 13.0. The van der Waals surface area contributed by atoms with Gasteiger partial charge < -0.3 is 14.8 Å². The van der Waals surface area contributed by atoms with Crippen molar-refractivity contribution in [1.29, 1.82) is 0 Å². The Morgan fingerprint density at radius 3 is 2.17 bits per heavy atom. The molecule has 0 aromatic heterocycles. The van der Waals surface area contributed by atoms with Gasteiger partial charge in [0.1, 0.15) is 6.04 Å². The lowest BCUT2D eigenvalue weighted by atomic mass is 10.00. The van der Waals surface area contributed by atoms with Crippen molar-refractivity contribution in [2.24, 2.45) is 0 Å². The fraction of sp³-hybridized carbons (Fsp3) is 0.409. The summed E-state index contributed by atoms with van der Waals surface area (Å²) in [5.74, 6) is 0.442. The lowest BCUT2D eigenvalue weighted by Crippen LogP contribution is -2.48. The number of hydrogen-bond acceptors (Lipinski definition) is 5. The first-order chi connectivity index (χ1) is 14.0. The van der Waals surface area contributed by atoms with Crippen LogP contribution in [0.5, 0.6) is 11.5 Å². The van der Waals surface area contributed by atoms with Crippen molar-refractivity contribution < 1.29 is 22.7 Å². The molecule has 0 saturated heterocycles. The third-order valence-corrected chi connectivity index (χ3v) is 6.20. The summed E-state index contributed by atoms with van der Waals surface area (Å²) in [6.45, 7) is 7.43. The zero-order chi connectivity index (χ0) is 22.6. The van der Waals surface area contributed by atoms with Crippen LogP contribution in [0, 0.1) is 13.8 Å². The Hall–Kier alpha value is -2.74. The third-order valence-electron chi connectivity index (χ3n) is 4.96. The second kappa shape index (κ2) is 9.38. The zero-order valence-electron chi connectivity index (χ0n) is 18.5. The molecule has 0 radical (unpaired) electrons. The average Bonchev–Trinajstić information content (AvgIpc) is 2.66. The number of ether oxygens (including phenoxy) is 2. The number of benzene rings is 2. The van der Waals surface area contributed by atoms with Crippen molar-refractivity contribution in [2.75, 3.05) is 24.8 Å². The van der Waals surface area contributed by atoms with Crippen LogP contribution in [-0.2, 0) is 14.8 Å². The van der Waals surface area contributed by atoms with Crippen molar-refractivity contribution in [2.45, 2.75) is 39.8 Å². The molecule has 2 aromatic rings. The van der Waals surface area contributed by atoms with Crippen molar-refractivity contribution in [1.82, 2.24) is 5.32 Å². The number of carbonyl (C=O) groups excluding carboxylic acids is 1. The van der Waals surface area contributed by atoms with Crippen LogP contribution in [0.25, 0.3) is 0 Å². The largest absolute Gasteiger partial charge is 0.493 e. The highest BCUT2D eigenvalue weighted by Gasteiger charge is 2.30. The summed E-state index contributed by atoms with van der Waals surface area (Å²) in [5.41, 5.74) is 3.50. The van der Waals surface area contributed by atoms with E-state index in [1.807, 2.05) is 39.0 Å². The van der Waals surface area contributed by atoms with E-state index in [1.54, 1.807) is 19.1 Å². The molecule has 7 nitrogen and oxygen atoms in total. The van der Waals surface area contributed by atoms with Crippen LogP contribution in [-0.4, -0.2) is 40.8 Å². The van der Waals surface area contributed by atoms with Gasteiger partial charge in [-0.05, 0) is 51.0 Å². The van der Waals surface area contributed by atoms with Gasteiger partial charge in [-0.2, -0.15) is 0 Å². The molecule has 0 heterocycles. The Morgan fingerprint density at radius 2 is 1.63 bits per heavy atom. The minimum Gasteiger partial charge on any atom is -0.493 e. The Morgan fingerprint density at radius 1 is 1.00 bits per heavy atom. The van der Waals surface area contributed by atoms with Crippen LogP contribution < -0.4 is 19.1 Å². The summed E-state index contributed by atoms with van der Waals surface area (Å²) in [7, 11) is -0.782. The van der Waals surface area contributed by atoms with Gasteiger partial charge in [0.05, 0.1) is 32.2 Å². The summed E-state index contributed by atoms with van der Waals surface area (Å²) >= 11 is 0. The first kappa shape index (κ1) is 23.5. The topological polar surface area (TPSA) is 84.9 Å². The minimum atomic E-state index is -3.74. The van der Waals surface area contributed by atoms with Gasteiger partial charge >= 0.3 is 0 Å². The number of aryl methyl sites for hydroxylation is 2. The number of nitrogens with one attached hydrogen (secondary N) is 1. The van der Waals surface area contributed by atoms with Gasteiger partial charge in [-0.15, -0.1) is 0 Å². The van der Waals surface area contributed by atoms with Gasteiger partial charge in [0.25, 0.3) is 0 Å². The van der Waals surface area contributed by atoms with Gasteiger partial charge in [0.15, 0.2) is 11.5 Å². The normalized spacial score (nSPS) is 13.3. The van der Waals surface area contributed by atoms with E-state index in [-0.39, 0.29) is 6.04 Å². The first-order valence-electron chi connectivity index (χ1n) is 9.58. The number of carbonyl (C=O) groups is 1. The highest BCUT2D eigenvalue weighted by Crippen LogP contribution is 2.33. The molecule has 2 aromatic carbocycles. The summed E-state index contributed by atoms with van der Waals surface area (Å²) in [6.07, 6.45) is 1.07. The van der Waals surface area contributed by atoms with Crippen molar-refractivity contribution >= 4 is 21.6 Å². The summed E-state index contributed by atoms with van der Waals surface area (Å²) in [6, 6.07) is 9.50. The molecule has 2 rings (SSSR count). The van der Waals surface area contributed by atoms with E-state index < -0.39 is 22.0 Å². The average molecular weight is 435 g/mol. The highest BCUT2D eigenvalue weighted by molar-refractivity contribution is 7.92. The van der Waals surface area contributed by atoms with E-state index in [2.05, 4.69) is 5.32 Å². The molecule has 0 fully saturated rings. The van der Waals surface area contributed by atoms with E-state index in [0.29, 0.717) is 17.2 Å². The van der Waals surface area contributed by atoms with Crippen LogP contribution >= 0.6 is 0 Å². The fourth-order valence-electron chi connectivity index (χ4n) is 3.49. The standard InChI is InChI=1S/C22H30N2O5S/c1-14-8-10-19(15(2)12-14)16(3)23-22(25)17(4)24(30(7,26)27)18-9-11-20(28-5)21(13-18)29-6/h8-13,16-17H,1-7H3,(H,23,25)/t16-,17-/m1/s1. The fourth-order valence-corrected chi connectivity index (χ4v) is 4.66. The molecule has 164 valence electrons. The molecule has 0 unspecified atom stereocenters. The van der Waals surface area contributed by atoms with Crippen molar-refractivity contribution in [3.05, 3.63) is 53.1 Å².